The Morgan fingerprint density at radius 1 is 0.508 bits per heavy atom. The summed E-state index contributed by atoms with van der Waals surface area (Å²) in [7, 11) is 0. The van der Waals surface area contributed by atoms with Crippen molar-refractivity contribution in [3.8, 4) is 28.0 Å². The van der Waals surface area contributed by atoms with Crippen LogP contribution < -0.4 is 9.64 Å². The maximum absolute atomic E-state index is 7.95. The van der Waals surface area contributed by atoms with Crippen molar-refractivity contribution < 1.29 is 4.74 Å². The van der Waals surface area contributed by atoms with E-state index in [1.807, 2.05) is 0 Å². The molecular formula is C59H49NO. The molecular weight excluding hydrogens is 739 g/mol. The Morgan fingerprint density at radius 2 is 1.13 bits per heavy atom. The predicted molar refractivity (Wildman–Crippen MR) is 253 cm³/mol. The first-order chi connectivity index (χ1) is 29.9. The number of benzene rings is 8. The van der Waals surface area contributed by atoms with E-state index in [2.05, 4.69) is 208 Å². The van der Waals surface area contributed by atoms with Crippen LogP contribution >= 0.6 is 0 Å². The van der Waals surface area contributed by atoms with Crippen molar-refractivity contribution in [2.24, 2.45) is 0 Å². The van der Waals surface area contributed by atoms with E-state index < -0.39 is 11.0 Å². The van der Waals surface area contributed by atoms with Gasteiger partial charge < -0.3 is 9.64 Å². The zero-order chi connectivity index (χ0) is 40.9. The number of nitrogens with zero attached hydrogens (tertiary/aromatic N) is 1. The minimum Gasteiger partial charge on any atom is -0.472 e. The van der Waals surface area contributed by atoms with E-state index in [-0.39, 0.29) is 5.41 Å². The van der Waals surface area contributed by atoms with E-state index in [0.717, 1.165) is 35.4 Å². The summed E-state index contributed by atoms with van der Waals surface area (Å²) in [6.07, 6.45) is 8.58. The van der Waals surface area contributed by atoms with Crippen LogP contribution in [0.1, 0.15) is 88.7 Å². The van der Waals surface area contributed by atoms with Gasteiger partial charge in [-0.15, -0.1) is 0 Å². The van der Waals surface area contributed by atoms with Gasteiger partial charge in [-0.25, -0.2) is 0 Å². The highest BCUT2D eigenvalue weighted by atomic mass is 16.5. The fraction of sp³-hybridized carbons (Fsp3) is 0.186. The second-order valence-electron chi connectivity index (χ2n) is 18.3. The van der Waals surface area contributed by atoms with Crippen LogP contribution in [0.3, 0.4) is 0 Å². The van der Waals surface area contributed by atoms with Gasteiger partial charge >= 0.3 is 0 Å². The van der Waals surface area contributed by atoms with Gasteiger partial charge in [-0.3, -0.25) is 0 Å². The third kappa shape index (κ3) is 5.09. The molecule has 2 heterocycles. The zero-order valence-electron chi connectivity index (χ0n) is 35.2. The molecule has 8 aromatic carbocycles. The lowest BCUT2D eigenvalue weighted by Crippen LogP contribution is -2.36. The predicted octanol–water partition coefficient (Wildman–Crippen LogP) is 14.2. The van der Waals surface area contributed by atoms with Gasteiger partial charge in [-0.05, 0) is 111 Å². The average Bonchev–Trinajstić information content (AvgIpc) is 3.75. The van der Waals surface area contributed by atoms with Crippen molar-refractivity contribution in [3.05, 3.63) is 232 Å². The van der Waals surface area contributed by atoms with E-state index in [1.54, 1.807) is 0 Å². The van der Waals surface area contributed by atoms with Crippen LogP contribution in [0.5, 0.6) is 5.75 Å². The monoisotopic (exact) mass is 787 g/mol. The highest BCUT2D eigenvalue weighted by molar-refractivity contribution is 6.08. The Bertz CT molecular complexity index is 3020. The summed E-state index contributed by atoms with van der Waals surface area (Å²) < 4.78 is 7.95. The third-order valence-corrected chi connectivity index (χ3v) is 14.6. The first kappa shape index (κ1) is 36.2. The molecule has 1 unspecified atom stereocenters. The summed E-state index contributed by atoms with van der Waals surface area (Å²) in [5.41, 5.74) is 17.4. The van der Waals surface area contributed by atoms with Crippen molar-refractivity contribution in [3.63, 3.8) is 0 Å². The maximum Gasteiger partial charge on any atom is 0.178 e. The first-order valence-electron chi connectivity index (χ1n) is 22.2. The Kier molecular flexibility index (Phi) is 7.98. The Morgan fingerprint density at radius 3 is 1.87 bits per heavy atom. The molecule has 12 rings (SSSR count). The van der Waals surface area contributed by atoms with Crippen LogP contribution in [-0.2, 0) is 16.4 Å². The molecule has 0 amide bonds. The lowest BCUT2D eigenvalue weighted by molar-refractivity contribution is 0.163. The molecule has 4 aliphatic rings. The first-order valence-corrected chi connectivity index (χ1v) is 22.2. The number of aryl methyl sites for hydroxylation is 1. The molecule has 61 heavy (non-hydrogen) atoms. The number of hydrogen-bond acceptors (Lipinski definition) is 2. The molecule has 8 aromatic rings. The zero-order valence-corrected chi connectivity index (χ0v) is 35.2. The quantitative estimate of drug-likeness (QED) is 0.172. The van der Waals surface area contributed by atoms with Crippen LogP contribution in [0, 0.1) is 6.92 Å². The minimum absolute atomic E-state index is 0.209. The standard InChI is InChI=1S/C59H49NO/c1-39-25-31-49-52(37-39)57(2,3)55-50-33-34-58(61-56(50)48-23-12-11-22-47(48)54(49)55,40-26-29-44(30-27-40)60-35-15-6-16-36-60)43-28-32-46-45-21-13-14-24-51(45)59(53(46)38-43,41-17-7-4-8-18-41)42-19-9-5-10-20-42/h4-5,7-14,17-34,37-38H,6,15-16,35-36H2,1-3H3. The highest BCUT2D eigenvalue weighted by Gasteiger charge is 2.49. The van der Waals surface area contributed by atoms with Gasteiger partial charge in [-0.1, -0.05) is 177 Å². The molecule has 296 valence electrons. The highest BCUT2D eigenvalue weighted by Crippen LogP contribution is 2.60. The normalized spacial score (nSPS) is 18.8. The van der Waals surface area contributed by atoms with Crippen LogP contribution in [0.4, 0.5) is 5.69 Å². The molecule has 0 N–H and O–H groups in total. The number of anilines is 1. The van der Waals surface area contributed by atoms with E-state index in [9.17, 15) is 0 Å². The molecule has 1 atom stereocenters. The van der Waals surface area contributed by atoms with Crippen LogP contribution in [0.2, 0.25) is 0 Å². The van der Waals surface area contributed by atoms with Gasteiger partial charge in [0.1, 0.15) is 5.75 Å². The lowest BCUT2D eigenvalue weighted by Gasteiger charge is -2.40. The second kappa shape index (κ2) is 13.4. The number of rotatable bonds is 5. The smallest absolute Gasteiger partial charge is 0.178 e. The van der Waals surface area contributed by atoms with Crippen LogP contribution in [-0.4, -0.2) is 13.1 Å². The van der Waals surface area contributed by atoms with Gasteiger partial charge in [0.25, 0.3) is 0 Å². The summed E-state index contributed by atoms with van der Waals surface area (Å²) in [5.74, 6) is 0.954. The summed E-state index contributed by atoms with van der Waals surface area (Å²) in [5, 5.41) is 2.39. The van der Waals surface area contributed by atoms with Gasteiger partial charge in [0.15, 0.2) is 5.60 Å². The average molecular weight is 788 g/mol. The van der Waals surface area contributed by atoms with E-state index >= 15 is 0 Å². The fourth-order valence-electron chi connectivity index (χ4n) is 11.8. The van der Waals surface area contributed by atoms with Gasteiger partial charge in [0.05, 0.1) is 5.41 Å². The second-order valence-corrected chi connectivity index (χ2v) is 18.3. The molecule has 0 spiro atoms. The molecule has 1 fully saturated rings. The molecule has 0 aromatic heterocycles. The van der Waals surface area contributed by atoms with Gasteiger partial charge in [0, 0.05) is 46.3 Å². The minimum atomic E-state index is -0.917. The van der Waals surface area contributed by atoms with Crippen molar-refractivity contribution in [1.82, 2.24) is 0 Å². The van der Waals surface area contributed by atoms with Crippen molar-refractivity contribution >= 4 is 22.5 Å². The molecule has 1 saturated heterocycles. The molecule has 0 saturated carbocycles. The molecule has 2 nitrogen and oxygen atoms in total. The number of piperidine rings is 1. The van der Waals surface area contributed by atoms with E-state index in [0.29, 0.717) is 0 Å². The van der Waals surface area contributed by atoms with Crippen molar-refractivity contribution in [1.29, 1.82) is 0 Å². The van der Waals surface area contributed by atoms with Crippen molar-refractivity contribution in [2.45, 2.75) is 56.5 Å². The molecule has 0 bridgehead atoms. The third-order valence-electron chi connectivity index (χ3n) is 14.6. The van der Waals surface area contributed by atoms with Crippen LogP contribution in [0.15, 0.2) is 176 Å². The largest absolute Gasteiger partial charge is 0.472 e. The summed E-state index contributed by atoms with van der Waals surface area (Å²) >= 11 is 0. The molecule has 2 aliphatic heterocycles. The van der Waals surface area contributed by atoms with Gasteiger partial charge in [0.2, 0.25) is 0 Å². The number of ether oxygens (including phenoxy) is 1. The van der Waals surface area contributed by atoms with Crippen LogP contribution in [0.25, 0.3) is 39.1 Å². The summed E-state index contributed by atoms with van der Waals surface area (Å²) in [6.45, 7) is 9.21. The Balaban J connectivity index is 1.13. The maximum atomic E-state index is 7.95. The SMILES string of the molecule is Cc1ccc2c(c1)C(C)(C)c1c3c(c4ccccc4c1-2)OC(c1ccc(N2CCCCC2)cc1)(c1ccc2c(c1)C(c1ccccc1)(c1ccccc1)c1ccccc1-2)C=C3. The Labute approximate surface area is 359 Å². The van der Waals surface area contributed by atoms with Gasteiger partial charge in [-0.2, -0.15) is 0 Å². The molecule has 2 heteroatoms. The number of hydrogen-bond donors (Lipinski definition) is 0. The number of fused-ring (bicyclic) bond motifs is 11. The summed E-state index contributed by atoms with van der Waals surface area (Å²) in [6, 6.07) is 63.7. The summed E-state index contributed by atoms with van der Waals surface area (Å²) in [4.78, 5) is 2.55. The van der Waals surface area contributed by atoms with E-state index in [4.69, 9.17) is 4.74 Å². The Hall–Kier alpha value is -6.64. The molecule has 2 aliphatic carbocycles. The lowest BCUT2D eigenvalue weighted by atomic mass is 9.67. The van der Waals surface area contributed by atoms with Crippen molar-refractivity contribution in [2.75, 3.05) is 18.0 Å². The topological polar surface area (TPSA) is 12.5 Å². The molecule has 0 radical (unpaired) electrons. The fourth-order valence-corrected chi connectivity index (χ4v) is 11.8. The van der Waals surface area contributed by atoms with E-state index in [1.165, 1.54) is 97.1 Å².